The van der Waals surface area contributed by atoms with Gasteiger partial charge in [0.25, 0.3) is 11.7 Å². The van der Waals surface area contributed by atoms with Crippen LogP contribution in [0.2, 0.25) is 0 Å². The van der Waals surface area contributed by atoms with Crippen LogP contribution in [-0.4, -0.2) is 82.2 Å². The lowest BCUT2D eigenvalue weighted by Crippen LogP contribution is -2.35. The van der Waals surface area contributed by atoms with Gasteiger partial charge >= 0.3 is 0 Å². The fourth-order valence-electron chi connectivity index (χ4n) is 4.21. The van der Waals surface area contributed by atoms with Gasteiger partial charge in [-0.15, -0.1) is 0 Å². The fourth-order valence-corrected chi connectivity index (χ4v) is 4.21. The molecule has 1 aliphatic rings. The first kappa shape index (κ1) is 25.9. The number of likely N-dealkylation sites (tertiary alicyclic amines) is 1. The normalized spacial score (nSPS) is 17.1. The number of carbonyl (C=O) groups excluding carboxylic acids is 2. The number of hydrogen-bond donors (Lipinski definition) is 1. The summed E-state index contributed by atoms with van der Waals surface area (Å²) in [5, 5.41) is 11.3. The van der Waals surface area contributed by atoms with Crippen LogP contribution in [-0.2, 0) is 9.59 Å². The first-order valence-electron chi connectivity index (χ1n) is 11.1. The third kappa shape index (κ3) is 4.90. The lowest BCUT2D eigenvalue weighted by molar-refractivity contribution is -0.140. The highest BCUT2D eigenvalue weighted by Crippen LogP contribution is 2.45. The minimum absolute atomic E-state index is 0.00686. The van der Waals surface area contributed by atoms with Crippen LogP contribution in [0.25, 0.3) is 5.76 Å². The van der Waals surface area contributed by atoms with Gasteiger partial charge in [0.1, 0.15) is 11.5 Å². The lowest BCUT2D eigenvalue weighted by Gasteiger charge is -2.27. The Labute approximate surface area is 205 Å². The van der Waals surface area contributed by atoms with Crippen molar-refractivity contribution in [2.45, 2.75) is 13.0 Å². The number of nitrogens with zero attached hydrogens (tertiary/aromatic N) is 2. The highest BCUT2D eigenvalue weighted by Gasteiger charge is 2.46. The number of hydrogen-bond acceptors (Lipinski definition) is 8. The van der Waals surface area contributed by atoms with Crippen LogP contribution in [0.3, 0.4) is 0 Å². The van der Waals surface area contributed by atoms with Gasteiger partial charge in [-0.2, -0.15) is 0 Å². The average molecular weight is 485 g/mol. The molecule has 1 N–H and O–H groups in total. The number of benzene rings is 2. The number of aliphatic hydroxyl groups is 1. The smallest absolute Gasteiger partial charge is 0.295 e. The van der Waals surface area contributed by atoms with Gasteiger partial charge in [0.05, 0.1) is 40.1 Å². The van der Waals surface area contributed by atoms with Crippen molar-refractivity contribution >= 4 is 17.4 Å². The quantitative estimate of drug-likeness (QED) is 0.330. The zero-order valence-corrected chi connectivity index (χ0v) is 21.2. The molecule has 1 fully saturated rings. The van der Waals surface area contributed by atoms with Crippen molar-refractivity contribution in [2.75, 3.05) is 55.6 Å². The van der Waals surface area contributed by atoms with Crippen molar-refractivity contribution < 1.29 is 33.6 Å². The largest absolute Gasteiger partial charge is 0.507 e. The van der Waals surface area contributed by atoms with Crippen molar-refractivity contribution in [3.05, 3.63) is 52.6 Å². The van der Waals surface area contributed by atoms with Crippen LogP contribution in [0, 0.1) is 6.92 Å². The van der Waals surface area contributed by atoms with Gasteiger partial charge in [-0.1, -0.05) is 0 Å². The second-order valence-electron chi connectivity index (χ2n) is 8.44. The molecule has 1 heterocycles. The summed E-state index contributed by atoms with van der Waals surface area (Å²) < 4.78 is 21.7. The molecule has 1 saturated heterocycles. The maximum Gasteiger partial charge on any atom is 0.295 e. The Morgan fingerprint density at radius 2 is 1.54 bits per heavy atom. The summed E-state index contributed by atoms with van der Waals surface area (Å²) in [6, 6.07) is 7.60. The van der Waals surface area contributed by atoms with Crippen LogP contribution in [0.5, 0.6) is 23.0 Å². The number of ether oxygens (including phenoxy) is 4. The van der Waals surface area contributed by atoms with Crippen molar-refractivity contribution in [3.63, 3.8) is 0 Å². The zero-order valence-electron chi connectivity index (χ0n) is 21.2. The first-order chi connectivity index (χ1) is 16.7. The Bertz CT molecular complexity index is 1130. The van der Waals surface area contributed by atoms with E-state index in [1.165, 1.54) is 26.2 Å². The number of rotatable bonds is 9. The molecule has 35 heavy (non-hydrogen) atoms. The molecule has 9 heteroatoms. The maximum absolute atomic E-state index is 13.3. The van der Waals surface area contributed by atoms with E-state index in [1.54, 1.807) is 37.4 Å². The van der Waals surface area contributed by atoms with Gasteiger partial charge in [-0.05, 0) is 62.5 Å². The molecule has 0 radical (unpaired) electrons. The van der Waals surface area contributed by atoms with Crippen LogP contribution < -0.4 is 18.9 Å². The van der Waals surface area contributed by atoms with E-state index < -0.39 is 17.7 Å². The monoisotopic (exact) mass is 484 g/mol. The molecule has 0 saturated carbocycles. The van der Waals surface area contributed by atoms with Crippen LogP contribution in [0.1, 0.15) is 22.7 Å². The highest BCUT2D eigenvalue weighted by atomic mass is 16.5. The molecular formula is C26H32N2O7. The second kappa shape index (κ2) is 10.7. The fraction of sp³-hybridized carbons (Fsp3) is 0.385. The predicted octanol–water partition coefficient (Wildman–Crippen LogP) is 3.01. The summed E-state index contributed by atoms with van der Waals surface area (Å²) >= 11 is 0. The molecule has 0 aromatic heterocycles. The van der Waals surface area contributed by atoms with Gasteiger partial charge in [-0.3, -0.25) is 9.59 Å². The van der Waals surface area contributed by atoms with Gasteiger partial charge in [0.2, 0.25) is 5.75 Å². The summed E-state index contributed by atoms with van der Waals surface area (Å²) in [5.74, 6) is 0.0793. The number of aliphatic hydroxyl groups excluding tert-OH is 1. The van der Waals surface area contributed by atoms with E-state index in [2.05, 4.69) is 0 Å². The standard InChI is InChI=1S/C26H32N2O7/c1-15-12-16(8-9-18(15)32-4)23(29)21-22(28(11-10-27(2)3)26(31)24(21)30)17-13-19(33-5)25(35-7)20(14-17)34-6/h8-9,12-14,22,29H,10-11H2,1-7H3/t22-/m1/s1. The van der Waals surface area contributed by atoms with Crippen molar-refractivity contribution in [3.8, 4) is 23.0 Å². The minimum atomic E-state index is -0.855. The predicted molar refractivity (Wildman–Crippen MR) is 131 cm³/mol. The minimum Gasteiger partial charge on any atom is -0.507 e. The highest BCUT2D eigenvalue weighted by molar-refractivity contribution is 6.46. The molecule has 9 nitrogen and oxygen atoms in total. The Hall–Kier alpha value is -3.72. The van der Waals surface area contributed by atoms with Crippen molar-refractivity contribution in [2.24, 2.45) is 0 Å². The molecule has 2 aromatic rings. The molecule has 0 unspecified atom stereocenters. The number of amides is 1. The zero-order chi connectivity index (χ0) is 25.9. The molecule has 0 bridgehead atoms. The van der Waals surface area contributed by atoms with Crippen LogP contribution in [0.15, 0.2) is 35.9 Å². The number of aryl methyl sites for hydroxylation is 1. The number of Topliss-reactive ketones (excluding diaryl/α,β-unsaturated/α-hetero) is 1. The molecule has 0 aliphatic carbocycles. The van der Waals surface area contributed by atoms with E-state index in [1.807, 2.05) is 25.9 Å². The second-order valence-corrected chi connectivity index (χ2v) is 8.44. The molecule has 1 amide bonds. The molecule has 1 atom stereocenters. The van der Waals surface area contributed by atoms with E-state index in [0.29, 0.717) is 40.7 Å². The lowest BCUT2D eigenvalue weighted by atomic mass is 9.94. The summed E-state index contributed by atoms with van der Waals surface area (Å²) in [5.41, 5.74) is 1.73. The van der Waals surface area contributed by atoms with E-state index in [9.17, 15) is 14.7 Å². The van der Waals surface area contributed by atoms with Crippen LogP contribution in [0.4, 0.5) is 0 Å². The average Bonchev–Trinajstić information content (AvgIpc) is 3.10. The van der Waals surface area contributed by atoms with Crippen LogP contribution >= 0.6 is 0 Å². The number of ketones is 1. The summed E-state index contributed by atoms with van der Waals surface area (Å²) in [6.45, 7) is 2.63. The van der Waals surface area contributed by atoms with E-state index in [4.69, 9.17) is 18.9 Å². The van der Waals surface area contributed by atoms with E-state index >= 15 is 0 Å². The Morgan fingerprint density at radius 3 is 2.03 bits per heavy atom. The van der Waals surface area contributed by atoms with Gasteiger partial charge in [-0.25, -0.2) is 0 Å². The van der Waals surface area contributed by atoms with Crippen molar-refractivity contribution in [1.82, 2.24) is 9.80 Å². The summed E-state index contributed by atoms with van der Waals surface area (Å²) in [6.07, 6.45) is 0. The Morgan fingerprint density at radius 1 is 0.943 bits per heavy atom. The van der Waals surface area contributed by atoms with Crippen molar-refractivity contribution in [1.29, 1.82) is 0 Å². The van der Waals surface area contributed by atoms with Gasteiger partial charge in [0.15, 0.2) is 11.5 Å². The molecule has 3 rings (SSSR count). The number of carbonyl (C=O) groups is 2. The molecule has 1 aliphatic heterocycles. The number of likely N-dealkylation sites (N-methyl/N-ethyl adjacent to an activating group) is 1. The summed E-state index contributed by atoms with van der Waals surface area (Å²) in [4.78, 5) is 29.8. The molecule has 0 spiro atoms. The molecule has 188 valence electrons. The van der Waals surface area contributed by atoms with Gasteiger partial charge < -0.3 is 33.9 Å². The first-order valence-corrected chi connectivity index (χ1v) is 11.1. The Kier molecular flexibility index (Phi) is 7.91. The molecule has 2 aromatic carbocycles. The van der Waals surface area contributed by atoms with E-state index in [-0.39, 0.29) is 17.9 Å². The van der Waals surface area contributed by atoms with Gasteiger partial charge in [0, 0.05) is 18.7 Å². The third-order valence-corrected chi connectivity index (χ3v) is 6.00. The van der Waals surface area contributed by atoms with E-state index in [0.717, 1.165) is 5.56 Å². The topological polar surface area (TPSA) is 97.8 Å². The SMILES string of the molecule is COc1ccc(C(O)=C2C(=O)C(=O)N(CCN(C)C)[C@@H]2c2cc(OC)c(OC)c(OC)c2)cc1C. The number of methoxy groups -OCH3 is 4. The summed E-state index contributed by atoms with van der Waals surface area (Å²) in [7, 11) is 9.79. The Balaban J connectivity index is 2.26. The molecular weight excluding hydrogens is 452 g/mol. The third-order valence-electron chi connectivity index (χ3n) is 6.00. The maximum atomic E-state index is 13.3.